The van der Waals surface area contributed by atoms with Crippen molar-refractivity contribution in [3.8, 4) is 33.8 Å². The van der Waals surface area contributed by atoms with Crippen LogP contribution in [0.4, 0.5) is 9.59 Å². The van der Waals surface area contributed by atoms with E-state index in [2.05, 4.69) is 25.6 Å². The number of hydrogen-bond donors (Lipinski definition) is 4. The molecule has 4 amide bonds. The van der Waals surface area contributed by atoms with Crippen molar-refractivity contribution in [2.75, 3.05) is 27.3 Å². The van der Waals surface area contributed by atoms with Crippen LogP contribution in [-0.4, -0.2) is 103 Å². The number of rotatable bonds is 11. The molecule has 0 spiro atoms. The highest BCUT2D eigenvalue weighted by Crippen LogP contribution is 2.35. The highest BCUT2D eigenvalue weighted by atomic mass is 16.5. The highest BCUT2D eigenvalue weighted by molar-refractivity contribution is 5.87. The number of carbonyl (C=O) groups excluding carboxylic acids is 4. The third kappa shape index (κ3) is 8.16. The first-order chi connectivity index (χ1) is 27.6. The van der Waals surface area contributed by atoms with Gasteiger partial charge in [-0.05, 0) is 55.7 Å². The molecule has 2 aliphatic heterocycles. The lowest BCUT2D eigenvalue weighted by atomic mass is 10.0. The molecule has 4 atom stereocenters. The first kappa shape index (κ1) is 38.9. The number of alkyl carbamates (subject to hydrolysis) is 2. The molecule has 4 unspecified atom stereocenters. The van der Waals surface area contributed by atoms with E-state index >= 15 is 0 Å². The number of benzene rings is 2. The van der Waals surface area contributed by atoms with Gasteiger partial charge in [0.2, 0.25) is 11.8 Å². The van der Waals surface area contributed by atoms with Gasteiger partial charge in [-0.1, -0.05) is 51.1 Å². The summed E-state index contributed by atoms with van der Waals surface area (Å²) in [5, 5.41) is 5.33. The van der Waals surface area contributed by atoms with Crippen LogP contribution < -0.4 is 10.6 Å². The largest absolute Gasteiger partial charge is 0.453 e. The van der Waals surface area contributed by atoms with Gasteiger partial charge in [-0.3, -0.25) is 19.6 Å². The molecule has 7 rings (SSSR count). The van der Waals surface area contributed by atoms with Gasteiger partial charge in [0.15, 0.2) is 0 Å². The molecule has 0 bridgehead atoms. The topological polar surface area (TPSA) is 200 Å². The number of nitrogens with one attached hydrogen (secondary N) is 4. The first-order valence-electron chi connectivity index (χ1n) is 19.4. The fourth-order valence-electron chi connectivity index (χ4n) is 7.69. The number of nitrogens with zero attached hydrogens (tertiary/aromatic N) is 6. The van der Waals surface area contributed by atoms with Crippen molar-refractivity contribution in [2.45, 2.75) is 77.0 Å². The van der Waals surface area contributed by atoms with E-state index in [-0.39, 0.29) is 29.8 Å². The lowest BCUT2D eigenvalue weighted by Crippen LogP contribution is -2.51. The molecule has 0 aliphatic carbocycles. The number of aromatic nitrogens is 6. The van der Waals surface area contributed by atoms with Gasteiger partial charge in [-0.2, -0.15) is 0 Å². The van der Waals surface area contributed by atoms with Crippen LogP contribution in [-0.2, 0) is 19.1 Å². The molecule has 298 valence electrons. The summed E-state index contributed by atoms with van der Waals surface area (Å²) in [4.78, 5) is 80.1. The minimum absolute atomic E-state index is 0.112. The molecule has 16 heteroatoms. The van der Waals surface area contributed by atoms with Crippen LogP contribution in [0.15, 0.2) is 61.1 Å². The maximum atomic E-state index is 13.5. The number of fused-ring (bicyclic) bond motifs is 1. The van der Waals surface area contributed by atoms with Gasteiger partial charge in [0.05, 0.1) is 73.0 Å². The maximum absolute atomic E-state index is 13.5. The fourth-order valence-corrected chi connectivity index (χ4v) is 7.69. The Morgan fingerprint density at radius 3 is 1.98 bits per heavy atom. The van der Waals surface area contributed by atoms with E-state index in [1.165, 1.54) is 14.2 Å². The molecule has 5 aromatic rings. The van der Waals surface area contributed by atoms with Crippen LogP contribution in [0.2, 0.25) is 0 Å². The SMILES string of the molecule is CCC(NC(=O)OC)C(=O)N1CCCC1c1nc2ccc(-c3cnc(-c4ccc(-c5cnc(C6CCCN6C(=O)C(NC(=O)OC)C(C)C)[nH]5)cc4)cn3)cc2[nH]1. The number of ether oxygens (including phenoxy) is 2. The molecule has 2 aliphatic rings. The molecule has 2 saturated heterocycles. The molecule has 0 saturated carbocycles. The van der Waals surface area contributed by atoms with Gasteiger partial charge in [0.25, 0.3) is 0 Å². The van der Waals surface area contributed by atoms with E-state index in [1.54, 1.807) is 28.4 Å². The Bertz CT molecular complexity index is 2230. The summed E-state index contributed by atoms with van der Waals surface area (Å²) in [6.45, 7) is 6.81. The number of carbonyl (C=O) groups is 4. The maximum Gasteiger partial charge on any atom is 0.407 e. The predicted octanol–water partition coefficient (Wildman–Crippen LogP) is 5.92. The number of amides is 4. The number of hydrogen-bond acceptors (Lipinski definition) is 10. The summed E-state index contributed by atoms with van der Waals surface area (Å²) < 4.78 is 9.46. The van der Waals surface area contributed by atoms with Crippen LogP contribution >= 0.6 is 0 Å². The monoisotopic (exact) mass is 776 g/mol. The van der Waals surface area contributed by atoms with Gasteiger partial charge < -0.3 is 39.9 Å². The summed E-state index contributed by atoms with van der Waals surface area (Å²) in [6.07, 6.45) is 7.68. The Kier molecular flexibility index (Phi) is 11.5. The van der Waals surface area contributed by atoms with Gasteiger partial charge in [0, 0.05) is 24.2 Å². The lowest BCUT2D eigenvalue weighted by molar-refractivity contribution is -0.135. The van der Waals surface area contributed by atoms with E-state index in [4.69, 9.17) is 24.4 Å². The van der Waals surface area contributed by atoms with E-state index in [9.17, 15) is 19.2 Å². The summed E-state index contributed by atoms with van der Waals surface area (Å²) in [6, 6.07) is 12.0. The lowest BCUT2D eigenvalue weighted by Gasteiger charge is -2.30. The fraction of sp³-hybridized carbons (Fsp3) is 0.415. The molecule has 0 radical (unpaired) electrons. The predicted molar refractivity (Wildman–Crippen MR) is 211 cm³/mol. The van der Waals surface area contributed by atoms with Gasteiger partial charge in [0.1, 0.15) is 23.7 Å². The van der Waals surface area contributed by atoms with Crippen LogP contribution in [0, 0.1) is 5.92 Å². The number of H-pyrrole nitrogens is 2. The molecular weight excluding hydrogens is 729 g/mol. The molecule has 2 aromatic carbocycles. The van der Waals surface area contributed by atoms with Crippen molar-refractivity contribution in [1.29, 1.82) is 0 Å². The molecule has 5 heterocycles. The average molecular weight is 777 g/mol. The second kappa shape index (κ2) is 16.8. The number of imidazole rings is 2. The highest BCUT2D eigenvalue weighted by Gasteiger charge is 2.38. The Hall–Kier alpha value is -6.32. The van der Waals surface area contributed by atoms with Gasteiger partial charge in [-0.25, -0.2) is 19.6 Å². The minimum atomic E-state index is -0.696. The molecule has 3 aromatic heterocycles. The van der Waals surface area contributed by atoms with Crippen LogP contribution in [0.5, 0.6) is 0 Å². The molecular formula is C41H48N10O6. The van der Waals surface area contributed by atoms with Crippen molar-refractivity contribution in [2.24, 2.45) is 5.92 Å². The zero-order valence-electron chi connectivity index (χ0n) is 32.7. The number of likely N-dealkylation sites (tertiary alicyclic amines) is 2. The Morgan fingerprint density at radius 2 is 1.35 bits per heavy atom. The first-order valence-corrected chi connectivity index (χ1v) is 19.4. The normalized spacial score (nSPS) is 17.8. The summed E-state index contributed by atoms with van der Waals surface area (Å²) in [5.41, 5.74) is 6.57. The zero-order valence-corrected chi connectivity index (χ0v) is 32.7. The third-order valence-electron chi connectivity index (χ3n) is 10.8. The average Bonchev–Trinajstić information content (AvgIpc) is 4.07. The van der Waals surface area contributed by atoms with E-state index in [0.29, 0.717) is 36.9 Å². The van der Waals surface area contributed by atoms with Crippen molar-refractivity contribution in [1.82, 2.24) is 50.3 Å². The Morgan fingerprint density at radius 1 is 0.754 bits per heavy atom. The van der Waals surface area contributed by atoms with Gasteiger partial charge in [-0.15, -0.1) is 0 Å². The summed E-state index contributed by atoms with van der Waals surface area (Å²) >= 11 is 0. The van der Waals surface area contributed by atoms with Crippen molar-refractivity contribution >= 4 is 35.0 Å². The Labute approximate surface area is 330 Å². The number of aromatic amines is 2. The smallest absolute Gasteiger partial charge is 0.407 e. The Balaban J connectivity index is 1.01. The van der Waals surface area contributed by atoms with Crippen molar-refractivity contribution < 1.29 is 28.7 Å². The quantitative estimate of drug-likeness (QED) is 0.125. The second-order valence-corrected chi connectivity index (χ2v) is 14.7. The van der Waals surface area contributed by atoms with E-state index in [1.807, 2.05) is 63.2 Å². The number of methoxy groups -OCH3 is 2. The van der Waals surface area contributed by atoms with Gasteiger partial charge >= 0.3 is 12.2 Å². The molecule has 4 N–H and O–H groups in total. The molecule has 2 fully saturated rings. The second-order valence-electron chi connectivity index (χ2n) is 14.7. The molecule has 16 nitrogen and oxygen atoms in total. The summed E-state index contributed by atoms with van der Waals surface area (Å²) in [7, 11) is 2.56. The molecule has 57 heavy (non-hydrogen) atoms. The van der Waals surface area contributed by atoms with Crippen molar-refractivity contribution in [3.05, 3.63) is 72.7 Å². The zero-order chi connectivity index (χ0) is 40.2. The van der Waals surface area contributed by atoms with E-state index in [0.717, 1.165) is 64.8 Å². The van der Waals surface area contributed by atoms with Crippen LogP contribution in [0.3, 0.4) is 0 Å². The van der Waals surface area contributed by atoms with Crippen molar-refractivity contribution in [3.63, 3.8) is 0 Å². The van der Waals surface area contributed by atoms with Crippen LogP contribution in [0.1, 0.15) is 76.6 Å². The third-order valence-corrected chi connectivity index (χ3v) is 10.8. The minimum Gasteiger partial charge on any atom is -0.453 e. The summed E-state index contributed by atoms with van der Waals surface area (Å²) in [5.74, 6) is 0.997. The van der Waals surface area contributed by atoms with E-state index < -0.39 is 24.3 Å². The standard InChI is InChI=1S/C41H48N10O6/c1-6-27(48-40(54)56-4)38(52)50-17-8-10-34(50)37-45-28-16-15-26(19-29(28)46-37)31-21-42-30(20-43-31)24-11-13-25(14-12-24)32-22-44-36(47-32)33-9-7-18-51(33)39(53)35(23(2)3)49-41(55)57-5/h11-16,19-23,27,33-35H,6-10,17-18H2,1-5H3,(H,44,47)(H,45,46)(H,48,54)(H,49,55). The van der Waals surface area contributed by atoms with Crippen LogP contribution in [0.25, 0.3) is 44.8 Å².